The smallest absolute Gasteiger partial charge is 0.223 e. The highest BCUT2D eigenvalue weighted by molar-refractivity contribution is 5.81. The standard InChI is InChI=1S/C20H24N4O2/c25-19(23-13-15-7-10-21-11-8-15)17-3-5-18(6-4-17)20(26)24-14-16-2-1-9-22-12-16/h1-2,7-12,17-18H,3-6,13-14H2,(H,23,25)(H,24,26). The number of nitrogens with zero attached hydrogens (tertiary/aromatic N) is 2. The lowest BCUT2D eigenvalue weighted by Crippen LogP contribution is -2.37. The fraction of sp³-hybridized carbons (Fsp3) is 0.400. The highest BCUT2D eigenvalue weighted by Crippen LogP contribution is 2.29. The number of aromatic nitrogens is 2. The lowest BCUT2D eigenvalue weighted by Gasteiger charge is -2.27. The second-order valence-corrected chi connectivity index (χ2v) is 6.70. The van der Waals surface area contributed by atoms with Crippen LogP contribution in [0.2, 0.25) is 0 Å². The van der Waals surface area contributed by atoms with Gasteiger partial charge in [-0.25, -0.2) is 0 Å². The van der Waals surface area contributed by atoms with Crippen LogP contribution in [-0.4, -0.2) is 21.8 Å². The molecule has 0 atom stereocenters. The minimum absolute atomic E-state index is 0.000731. The Balaban J connectivity index is 1.39. The number of nitrogens with one attached hydrogen (secondary N) is 2. The van der Waals surface area contributed by atoms with E-state index in [0.717, 1.165) is 36.8 Å². The average Bonchev–Trinajstić information content (AvgIpc) is 2.72. The molecule has 1 aliphatic rings. The predicted molar refractivity (Wildman–Crippen MR) is 97.6 cm³/mol. The highest BCUT2D eigenvalue weighted by atomic mass is 16.2. The van der Waals surface area contributed by atoms with Gasteiger partial charge in [0.15, 0.2) is 0 Å². The molecular weight excluding hydrogens is 328 g/mol. The third-order valence-electron chi connectivity index (χ3n) is 4.87. The van der Waals surface area contributed by atoms with Gasteiger partial charge in [-0.05, 0) is 55.0 Å². The zero-order valence-electron chi connectivity index (χ0n) is 14.7. The summed E-state index contributed by atoms with van der Waals surface area (Å²) in [5.41, 5.74) is 2.03. The van der Waals surface area contributed by atoms with Gasteiger partial charge in [0.2, 0.25) is 11.8 Å². The maximum atomic E-state index is 12.3. The predicted octanol–water partition coefficient (Wildman–Crippen LogP) is 2.22. The van der Waals surface area contributed by atoms with Gasteiger partial charge in [-0.15, -0.1) is 0 Å². The maximum Gasteiger partial charge on any atom is 0.223 e. The molecule has 1 fully saturated rings. The summed E-state index contributed by atoms with van der Waals surface area (Å²) >= 11 is 0. The Morgan fingerprint density at radius 1 is 0.808 bits per heavy atom. The zero-order valence-corrected chi connectivity index (χ0v) is 14.7. The molecule has 0 aromatic carbocycles. The van der Waals surface area contributed by atoms with E-state index < -0.39 is 0 Å². The molecule has 0 saturated heterocycles. The lowest BCUT2D eigenvalue weighted by molar-refractivity contribution is -0.130. The molecule has 2 N–H and O–H groups in total. The molecule has 136 valence electrons. The molecule has 6 nitrogen and oxygen atoms in total. The molecule has 2 aromatic rings. The monoisotopic (exact) mass is 352 g/mol. The summed E-state index contributed by atoms with van der Waals surface area (Å²) in [7, 11) is 0. The molecule has 0 bridgehead atoms. The number of carbonyl (C=O) groups excluding carboxylic acids is 2. The van der Waals surface area contributed by atoms with Crippen molar-refractivity contribution >= 4 is 11.8 Å². The van der Waals surface area contributed by atoms with Gasteiger partial charge < -0.3 is 10.6 Å². The molecule has 0 aliphatic heterocycles. The molecule has 26 heavy (non-hydrogen) atoms. The van der Waals surface area contributed by atoms with Crippen molar-refractivity contribution in [1.82, 2.24) is 20.6 Å². The van der Waals surface area contributed by atoms with Gasteiger partial charge in [-0.3, -0.25) is 19.6 Å². The first-order chi connectivity index (χ1) is 12.7. The Morgan fingerprint density at radius 2 is 1.38 bits per heavy atom. The van der Waals surface area contributed by atoms with Crippen LogP contribution >= 0.6 is 0 Å². The highest BCUT2D eigenvalue weighted by Gasteiger charge is 2.29. The molecule has 0 unspecified atom stereocenters. The van der Waals surface area contributed by atoms with Gasteiger partial charge in [0, 0.05) is 49.7 Å². The number of carbonyl (C=O) groups is 2. The molecule has 3 rings (SSSR count). The first kappa shape index (κ1) is 18.0. The Morgan fingerprint density at radius 3 is 1.92 bits per heavy atom. The quantitative estimate of drug-likeness (QED) is 0.835. The summed E-state index contributed by atoms with van der Waals surface area (Å²) in [6, 6.07) is 7.59. The lowest BCUT2D eigenvalue weighted by atomic mass is 9.81. The summed E-state index contributed by atoms with van der Waals surface area (Å²) < 4.78 is 0. The second-order valence-electron chi connectivity index (χ2n) is 6.70. The summed E-state index contributed by atoms with van der Waals surface area (Å²) in [5, 5.41) is 5.96. The van der Waals surface area contributed by atoms with Gasteiger partial charge in [0.25, 0.3) is 0 Å². The maximum absolute atomic E-state index is 12.3. The third kappa shape index (κ3) is 5.12. The van der Waals surface area contributed by atoms with E-state index in [4.69, 9.17) is 0 Å². The van der Waals surface area contributed by atoms with E-state index in [1.807, 2.05) is 24.3 Å². The van der Waals surface area contributed by atoms with Crippen LogP contribution in [0.25, 0.3) is 0 Å². The van der Waals surface area contributed by atoms with Crippen molar-refractivity contribution in [2.75, 3.05) is 0 Å². The van der Waals surface area contributed by atoms with Gasteiger partial charge in [0.05, 0.1) is 0 Å². The number of amides is 2. The minimum Gasteiger partial charge on any atom is -0.352 e. The Labute approximate surface area is 153 Å². The average molecular weight is 352 g/mol. The van der Waals surface area contributed by atoms with E-state index in [2.05, 4.69) is 20.6 Å². The SMILES string of the molecule is O=C(NCc1ccncc1)C1CCC(C(=O)NCc2cccnc2)CC1. The van der Waals surface area contributed by atoms with Crippen LogP contribution in [0.3, 0.4) is 0 Å². The van der Waals surface area contributed by atoms with Crippen LogP contribution in [0, 0.1) is 11.8 Å². The number of rotatable bonds is 6. The zero-order chi connectivity index (χ0) is 18.2. The van der Waals surface area contributed by atoms with Gasteiger partial charge in [-0.1, -0.05) is 6.07 Å². The van der Waals surface area contributed by atoms with Crippen LogP contribution in [0.1, 0.15) is 36.8 Å². The van der Waals surface area contributed by atoms with E-state index in [0.29, 0.717) is 13.1 Å². The van der Waals surface area contributed by atoms with E-state index in [-0.39, 0.29) is 23.7 Å². The number of hydrogen-bond acceptors (Lipinski definition) is 4. The van der Waals surface area contributed by atoms with Crippen molar-refractivity contribution in [1.29, 1.82) is 0 Å². The molecule has 2 heterocycles. The van der Waals surface area contributed by atoms with E-state index in [1.165, 1.54) is 0 Å². The van der Waals surface area contributed by atoms with Crippen LogP contribution in [0.5, 0.6) is 0 Å². The Kier molecular flexibility index (Phi) is 6.30. The van der Waals surface area contributed by atoms with Crippen molar-refractivity contribution < 1.29 is 9.59 Å². The van der Waals surface area contributed by atoms with Gasteiger partial charge >= 0.3 is 0 Å². The molecule has 6 heteroatoms. The van der Waals surface area contributed by atoms with Gasteiger partial charge in [0.1, 0.15) is 0 Å². The minimum atomic E-state index is -0.00378. The van der Waals surface area contributed by atoms with Crippen molar-refractivity contribution in [3.63, 3.8) is 0 Å². The number of pyridine rings is 2. The first-order valence-corrected chi connectivity index (χ1v) is 9.05. The van der Waals surface area contributed by atoms with Crippen LogP contribution in [0.15, 0.2) is 49.1 Å². The Hall–Kier alpha value is -2.76. The number of hydrogen-bond donors (Lipinski definition) is 2. The largest absolute Gasteiger partial charge is 0.352 e. The third-order valence-corrected chi connectivity index (χ3v) is 4.87. The molecule has 2 aromatic heterocycles. The van der Waals surface area contributed by atoms with Gasteiger partial charge in [-0.2, -0.15) is 0 Å². The Bertz CT molecular complexity index is 650. The first-order valence-electron chi connectivity index (χ1n) is 9.05. The van der Waals surface area contributed by atoms with Crippen LogP contribution in [0.4, 0.5) is 0 Å². The van der Waals surface area contributed by atoms with E-state index in [1.54, 1.807) is 24.8 Å². The van der Waals surface area contributed by atoms with Crippen LogP contribution in [-0.2, 0) is 22.7 Å². The fourth-order valence-electron chi connectivity index (χ4n) is 3.29. The molecule has 2 amide bonds. The topological polar surface area (TPSA) is 84.0 Å². The summed E-state index contributed by atoms with van der Waals surface area (Å²) in [6.45, 7) is 1.02. The molecule has 1 saturated carbocycles. The van der Waals surface area contributed by atoms with E-state index >= 15 is 0 Å². The fourth-order valence-corrected chi connectivity index (χ4v) is 3.29. The summed E-state index contributed by atoms with van der Waals surface area (Å²) in [6.07, 6.45) is 9.93. The molecule has 0 radical (unpaired) electrons. The molecule has 1 aliphatic carbocycles. The molecule has 0 spiro atoms. The van der Waals surface area contributed by atoms with Crippen molar-refractivity contribution in [3.05, 3.63) is 60.2 Å². The second kappa shape index (κ2) is 9.08. The van der Waals surface area contributed by atoms with E-state index in [9.17, 15) is 9.59 Å². The van der Waals surface area contributed by atoms with Crippen molar-refractivity contribution in [3.8, 4) is 0 Å². The van der Waals surface area contributed by atoms with Crippen molar-refractivity contribution in [2.45, 2.75) is 38.8 Å². The van der Waals surface area contributed by atoms with Crippen molar-refractivity contribution in [2.24, 2.45) is 11.8 Å². The summed E-state index contributed by atoms with van der Waals surface area (Å²) in [4.78, 5) is 32.7. The molecular formula is C20H24N4O2. The summed E-state index contributed by atoms with van der Waals surface area (Å²) in [5.74, 6) is 0.149. The normalized spacial score (nSPS) is 19.5. The van der Waals surface area contributed by atoms with Crippen LogP contribution < -0.4 is 10.6 Å².